The molecule has 0 aromatic heterocycles. The summed E-state index contributed by atoms with van der Waals surface area (Å²) in [4.78, 5) is 25.3. The standard InChI is InChI=1S/C44H74O12S/c1-3-5-7-9-11-13-15-17-18-19-20-21-23-25-27-29-31-33-40(46)55-37(35-54-44-43(49)42(48)41(47)38(56-44)36-57(50,51)52)34-53-39(45)32-30-28-26-24-22-16-14-12-10-8-6-4-2/h5,7,11-14,17-18,20-21,37-38,41-44,47-49H,3-4,6,8-10,15-16,19,22-36H2,1-2H3,(H,50,51,52)/b7-5-,13-11-,14-12-,18-17-,21-20-. The van der Waals surface area contributed by atoms with Crippen LogP contribution in [0, 0.1) is 0 Å². The van der Waals surface area contributed by atoms with Crippen LogP contribution in [0.15, 0.2) is 60.8 Å². The van der Waals surface area contributed by atoms with E-state index in [2.05, 4.69) is 74.6 Å². The second kappa shape index (κ2) is 34.2. The Morgan fingerprint density at radius 3 is 1.67 bits per heavy atom. The molecule has 1 fully saturated rings. The van der Waals surface area contributed by atoms with Crippen molar-refractivity contribution < 1.29 is 56.8 Å². The highest BCUT2D eigenvalue weighted by Crippen LogP contribution is 2.24. The number of unbranched alkanes of at least 4 members (excludes halogenated alkanes) is 12. The normalized spacial score (nSPS) is 21.1. The first-order chi connectivity index (χ1) is 27.5. The lowest BCUT2D eigenvalue weighted by Gasteiger charge is -2.40. The fourth-order valence-corrected chi connectivity index (χ4v) is 6.70. The van der Waals surface area contributed by atoms with Gasteiger partial charge in [0, 0.05) is 12.8 Å². The summed E-state index contributed by atoms with van der Waals surface area (Å²) in [5.74, 6) is -2.03. The number of esters is 2. The smallest absolute Gasteiger partial charge is 0.306 e. The summed E-state index contributed by atoms with van der Waals surface area (Å²) in [5.41, 5.74) is 0. The summed E-state index contributed by atoms with van der Waals surface area (Å²) in [7, 11) is -4.61. The van der Waals surface area contributed by atoms with Crippen molar-refractivity contribution in [3.63, 3.8) is 0 Å². The molecule has 57 heavy (non-hydrogen) atoms. The van der Waals surface area contributed by atoms with E-state index in [0.29, 0.717) is 12.8 Å². The molecule has 0 spiro atoms. The molecule has 1 heterocycles. The van der Waals surface area contributed by atoms with Crippen LogP contribution in [0.1, 0.15) is 149 Å². The minimum atomic E-state index is -4.61. The van der Waals surface area contributed by atoms with E-state index < -0.39 is 71.2 Å². The Balaban J connectivity index is 2.51. The van der Waals surface area contributed by atoms with Crippen molar-refractivity contribution in [1.29, 1.82) is 0 Å². The third-order valence-electron chi connectivity index (χ3n) is 9.33. The summed E-state index contributed by atoms with van der Waals surface area (Å²) < 4.78 is 53.9. The molecule has 0 radical (unpaired) electrons. The Kier molecular flexibility index (Phi) is 31.5. The lowest BCUT2D eigenvalue weighted by atomic mass is 10.00. The summed E-state index contributed by atoms with van der Waals surface area (Å²) in [5, 5.41) is 30.8. The van der Waals surface area contributed by atoms with Crippen molar-refractivity contribution in [3.05, 3.63) is 60.8 Å². The zero-order valence-electron chi connectivity index (χ0n) is 34.7. The van der Waals surface area contributed by atoms with Gasteiger partial charge in [0.2, 0.25) is 0 Å². The van der Waals surface area contributed by atoms with Crippen LogP contribution in [0.25, 0.3) is 0 Å². The van der Waals surface area contributed by atoms with Crippen LogP contribution < -0.4 is 0 Å². The second-order valence-corrected chi connectivity index (χ2v) is 16.1. The van der Waals surface area contributed by atoms with Crippen LogP contribution in [0.4, 0.5) is 0 Å². The summed E-state index contributed by atoms with van der Waals surface area (Å²) in [6.07, 6.45) is 31.3. The van der Waals surface area contributed by atoms with E-state index in [1.807, 2.05) is 0 Å². The van der Waals surface area contributed by atoms with Crippen LogP contribution in [0.5, 0.6) is 0 Å². The molecular weight excluding hydrogens is 753 g/mol. The van der Waals surface area contributed by atoms with Crippen LogP contribution in [0.2, 0.25) is 0 Å². The van der Waals surface area contributed by atoms with Crippen molar-refractivity contribution in [2.45, 2.75) is 185 Å². The molecule has 6 unspecified atom stereocenters. The molecule has 0 aromatic carbocycles. The molecule has 0 aliphatic carbocycles. The molecule has 1 saturated heterocycles. The fraction of sp³-hybridized carbons (Fsp3) is 0.727. The topological polar surface area (TPSA) is 186 Å². The fourth-order valence-electron chi connectivity index (χ4n) is 6.01. The van der Waals surface area contributed by atoms with Gasteiger partial charge in [-0.1, -0.05) is 120 Å². The zero-order chi connectivity index (χ0) is 42.0. The number of ether oxygens (including phenoxy) is 4. The lowest BCUT2D eigenvalue weighted by Crippen LogP contribution is -2.60. The molecule has 328 valence electrons. The second-order valence-electron chi connectivity index (χ2n) is 14.6. The highest BCUT2D eigenvalue weighted by atomic mass is 32.2. The highest BCUT2D eigenvalue weighted by Gasteiger charge is 2.46. The molecule has 4 N–H and O–H groups in total. The number of allylic oxidation sites excluding steroid dienone is 10. The maximum absolute atomic E-state index is 12.8. The average molecular weight is 827 g/mol. The van der Waals surface area contributed by atoms with Crippen LogP contribution in [0.3, 0.4) is 0 Å². The molecule has 0 amide bonds. The molecule has 0 saturated carbocycles. The average Bonchev–Trinajstić information content (AvgIpc) is 3.17. The molecule has 12 nitrogen and oxygen atoms in total. The number of carbonyl (C=O) groups is 2. The first-order valence-electron chi connectivity index (χ1n) is 21.3. The van der Waals surface area contributed by atoms with E-state index in [1.54, 1.807) is 0 Å². The van der Waals surface area contributed by atoms with Crippen molar-refractivity contribution in [2.75, 3.05) is 19.0 Å². The summed E-state index contributed by atoms with van der Waals surface area (Å²) in [6.45, 7) is 3.57. The number of hydrogen-bond acceptors (Lipinski definition) is 11. The predicted octanol–water partition coefficient (Wildman–Crippen LogP) is 8.17. The predicted molar refractivity (Wildman–Crippen MR) is 224 cm³/mol. The quantitative estimate of drug-likeness (QED) is 0.0211. The van der Waals surface area contributed by atoms with Gasteiger partial charge in [0.15, 0.2) is 12.4 Å². The Morgan fingerprint density at radius 2 is 1.11 bits per heavy atom. The number of aliphatic hydroxyl groups excluding tert-OH is 3. The van der Waals surface area contributed by atoms with Crippen LogP contribution >= 0.6 is 0 Å². The van der Waals surface area contributed by atoms with Crippen LogP contribution in [-0.4, -0.2) is 96.0 Å². The summed E-state index contributed by atoms with van der Waals surface area (Å²) in [6, 6.07) is 0. The van der Waals surface area contributed by atoms with E-state index in [0.717, 1.165) is 89.9 Å². The van der Waals surface area contributed by atoms with Gasteiger partial charge >= 0.3 is 11.9 Å². The maximum Gasteiger partial charge on any atom is 0.306 e. The van der Waals surface area contributed by atoms with Gasteiger partial charge in [0.1, 0.15) is 36.8 Å². The molecule has 0 aromatic rings. The molecule has 0 bridgehead atoms. The minimum absolute atomic E-state index is 0.132. The first kappa shape index (κ1) is 52.4. The first-order valence-corrected chi connectivity index (χ1v) is 23.0. The number of hydrogen-bond donors (Lipinski definition) is 4. The van der Waals surface area contributed by atoms with Gasteiger partial charge in [-0.25, -0.2) is 0 Å². The third kappa shape index (κ3) is 29.2. The van der Waals surface area contributed by atoms with Gasteiger partial charge < -0.3 is 34.3 Å². The zero-order valence-corrected chi connectivity index (χ0v) is 35.5. The Morgan fingerprint density at radius 1 is 0.614 bits per heavy atom. The van der Waals surface area contributed by atoms with Crippen LogP contribution in [-0.2, 0) is 38.7 Å². The third-order valence-corrected chi connectivity index (χ3v) is 10.1. The van der Waals surface area contributed by atoms with Crippen molar-refractivity contribution in [3.8, 4) is 0 Å². The van der Waals surface area contributed by atoms with Gasteiger partial charge in [0.05, 0.1) is 6.61 Å². The Labute approximate surface area is 343 Å². The Hall–Kier alpha value is -2.65. The monoisotopic (exact) mass is 826 g/mol. The van der Waals surface area contributed by atoms with Gasteiger partial charge in [-0.05, 0) is 77.0 Å². The van der Waals surface area contributed by atoms with Crippen molar-refractivity contribution >= 4 is 22.1 Å². The van der Waals surface area contributed by atoms with E-state index in [9.17, 15) is 37.9 Å². The maximum atomic E-state index is 12.8. The molecule has 1 rings (SSSR count). The van der Waals surface area contributed by atoms with E-state index >= 15 is 0 Å². The van der Waals surface area contributed by atoms with Gasteiger partial charge in [0.25, 0.3) is 10.1 Å². The lowest BCUT2D eigenvalue weighted by molar-refractivity contribution is -0.297. The number of rotatable bonds is 34. The highest BCUT2D eigenvalue weighted by molar-refractivity contribution is 7.85. The van der Waals surface area contributed by atoms with Gasteiger partial charge in [-0.3, -0.25) is 14.1 Å². The van der Waals surface area contributed by atoms with E-state index in [4.69, 9.17) is 18.9 Å². The molecule has 6 atom stereocenters. The van der Waals surface area contributed by atoms with Crippen molar-refractivity contribution in [1.82, 2.24) is 0 Å². The molecule has 1 aliphatic rings. The van der Waals surface area contributed by atoms with Gasteiger partial charge in [-0.15, -0.1) is 0 Å². The van der Waals surface area contributed by atoms with Crippen molar-refractivity contribution in [2.24, 2.45) is 0 Å². The number of aliphatic hydroxyl groups is 3. The summed E-state index contributed by atoms with van der Waals surface area (Å²) >= 11 is 0. The number of carbonyl (C=O) groups excluding carboxylic acids is 2. The molecule has 1 aliphatic heterocycles. The largest absolute Gasteiger partial charge is 0.462 e. The van der Waals surface area contributed by atoms with E-state index in [1.165, 1.54) is 19.3 Å². The minimum Gasteiger partial charge on any atom is -0.462 e. The molecule has 13 heteroatoms. The van der Waals surface area contributed by atoms with Gasteiger partial charge in [-0.2, -0.15) is 8.42 Å². The SMILES string of the molecule is CC/C=C\C/C=C\C/C=C\C/C=C\CCCCCCC(=O)OC(COC(=O)CCCCCCC/C=C\CCCCC)COC1OC(CS(=O)(=O)O)C(O)C(O)C1O. The Bertz CT molecular complexity index is 1290. The van der Waals surface area contributed by atoms with E-state index in [-0.39, 0.29) is 19.4 Å². The molecular formula is C44H74O12S.